The summed E-state index contributed by atoms with van der Waals surface area (Å²) in [7, 11) is 3.29. The molecule has 1 aromatic carbocycles. The van der Waals surface area contributed by atoms with E-state index in [1.165, 1.54) is 11.1 Å². The van der Waals surface area contributed by atoms with Crippen LogP contribution in [-0.2, 0) is 6.54 Å². The first-order chi connectivity index (χ1) is 10.2. The topological polar surface area (TPSA) is 43.4 Å². The molecule has 21 heavy (non-hydrogen) atoms. The first kappa shape index (κ1) is 15.3. The van der Waals surface area contributed by atoms with Crippen LogP contribution in [0.5, 0.6) is 11.5 Å². The quantitative estimate of drug-likeness (QED) is 0.885. The lowest BCUT2D eigenvalue weighted by molar-refractivity contribution is 0.354. The van der Waals surface area contributed by atoms with Crippen molar-refractivity contribution in [3.63, 3.8) is 0 Å². The van der Waals surface area contributed by atoms with Crippen LogP contribution in [0.25, 0.3) is 0 Å². The van der Waals surface area contributed by atoms with Crippen molar-refractivity contribution in [2.75, 3.05) is 14.2 Å². The van der Waals surface area contributed by atoms with Crippen molar-refractivity contribution in [1.82, 2.24) is 10.3 Å². The van der Waals surface area contributed by atoms with E-state index in [1.807, 2.05) is 30.6 Å². The van der Waals surface area contributed by atoms with Crippen molar-refractivity contribution in [1.29, 1.82) is 0 Å². The van der Waals surface area contributed by atoms with Gasteiger partial charge in [0.15, 0.2) is 11.5 Å². The SMILES string of the molecule is COc1ccc(C(C)NCc2cnccc2C)cc1OC. The Labute approximate surface area is 126 Å². The minimum Gasteiger partial charge on any atom is -0.493 e. The highest BCUT2D eigenvalue weighted by Gasteiger charge is 2.10. The lowest BCUT2D eigenvalue weighted by atomic mass is 10.1. The van der Waals surface area contributed by atoms with Crippen LogP contribution in [-0.4, -0.2) is 19.2 Å². The molecule has 112 valence electrons. The Morgan fingerprint density at radius 2 is 1.90 bits per heavy atom. The smallest absolute Gasteiger partial charge is 0.161 e. The normalized spacial score (nSPS) is 12.0. The fourth-order valence-electron chi connectivity index (χ4n) is 2.18. The number of ether oxygens (including phenoxy) is 2. The molecule has 2 rings (SSSR count). The fraction of sp³-hybridized carbons (Fsp3) is 0.353. The van der Waals surface area contributed by atoms with Crippen LogP contribution >= 0.6 is 0 Å². The van der Waals surface area contributed by atoms with Crippen LogP contribution in [0.1, 0.15) is 29.7 Å². The second-order valence-electron chi connectivity index (χ2n) is 5.02. The minimum atomic E-state index is 0.212. The van der Waals surface area contributed by atoms with Crippen LogP contribution in [0.15, 0.2) is 36.7 Å². The van der Waals surface area contributed by atoms with Crippen molar-refractivity contribution in [3.05, 3.63) is 53.3 Å². The van der Waals surface area contributed by atoms with E-state index in [9.17, 15) is 0 Å². The summed E-state index contributed by atoms with van der Waals surface area (Å²) in [5.41, 5.74) is 3.62. The van der Waals surface area contributed by atoms with Gasteiger partial charge < -0.3 is 14.8 Å². The molecule has 4 heteroatoms. The monoisotopic (exact) mass is 286 g/mol. The molecule has 0 saturated carbocycles. The van der Waals surface area contributed by atoms with E-state index in [-0.39, 0.29) is 6.04 Å². The summed E-state index contributed by atoms with van der Waals surface area (Å²) in [6, 6.07) is 8.23. The molecule has 0 fully saturated rings. The van der Waals surface area contributed by atoms with Crippen molar-refractivity contribution < 1.29 is 9.47 Å². The number of nitrogens with one attached hydrogen (secondary N) is 1. The number of benzene rings is 1. The maximum absolute atomic E-state index is 5.35. The van der Waals surface area contributed by atoms with E-state index in [4.69, 9.17) is 9.47 Å². The molecular formula is C17H22N2O2. The largest absolute Gasteiger partial charge is 0.493 e. The van der Waals surface area contributed by atoms with E-state index in [0.717, 1.165) is 23.6 Å². The highest BCUT2D eigenvalue weighted by Crippen LogP contribution is 2.29. The molecule has 1 N–H and O–H groups in total. The molecule has 4 nitrogen and oxygen atoms in total. The van der Waals surface area contributed by atoms with E-state index in [2.05, 4.69) is 30.2 Å². The summed E-state index contributed by atoms with van der Waals surface area (Å²) in [4.78, 5) is 4.17. The molecule has 0 aliphatic carbocycles. The van der Waals surface area contributed by atoms with Crippen LogP contribution in [0.3, 0.4) is 0 Å². The van der Waals surface area contributed by atoms with Crippen LogP contribution in [0, 0.1) is 6.92 Å². The highest BCUT2D eigenvalue weighted by molar-refractivity contribution is 5.43. The van der Waals surface area contributed by atoms with Crippen molar-refractivity contribution in [3.8, 4) is 11.5 Å². The average Bonchev–Trinajstić information content (AvgIpc) is 2.53. The third-order valence-corrected chi connectivity index (χ3v) is 3.65. The van der Waals surface area contributed by atoms with Crippen molar-refractivity contribution >= 4 is 0 Å². The van der Waals surface area contributed by atoms with Gasteiger partial charge in [0, 0.05) is 25.0 Å². The van der Waals surface area contributed by atoms with Crippen LogP contribution < -0.4 is 14.8 Å². The predicted molar refractivity (Wildman–Crippen MR) is 83.8 cm³/mol. The Hall–Kier alpha value is -2.07. The Morgan fingerprint density at radius 3 is 2.57 bits per heavy atom. The molecule has 1 atom stereocenters. The van der Waals surface area contributed by atoms with Crippen LogP contribution in [0.2, 0.25) is 0 Å². The number of hydrogen-bond donors (Lipinski definition) is 1. The van der Waals surface area contributed by atoms with E-state index in [0.29, 0.717) is 0 Å². The van der Waals surface area contributed by atoms with Crippen molar-refractivity contribution in [2.45, 2.75) is 26.4 Å². The first-order valence-corrected chi connectivity index (χ1v) is 7.00. The summed E-state index contributed by atoms with van der Waals surface area (Å²) in [5.74, 6) is 1.50. The molecule has 0 saturated heterocycles. The molecule has 0 bridgehead atoms. The lowest BCUT2D eigenvalue weighted by Crippen LogP contribution is -2.18. The number of methoxy groups -OCH3 is 2. The number of aromatic nitrogens is 1. The van der Waals surface area contributed by atoms with Gasteiger partial charge in [-0.05, 0) is 48.7 Å². The molecule has 1 unspecified atom stereocenters. The fourth-order valence-corrected chi connectivity index (χ4v) is 2.18. The molecule has 0 amide bonds. The molecule has 0 aliphatic rings. The molecule has 0 radical (unpaired) electrons. The van der Waals surface area contributed by atoms with Crippen molar-refractivity contribution in [2.24, 2.45) is 0 Å². The third-order valence-electron chi connectivity index (χ3n) is 3.65. The Bertz CT molecular complexity index is 599. The number of rotatable bonds is 6. The Balaban J connectivity index is 2.06. The summed E-state index contributed by atoms with van der Waals surface area (Å²) >= 11 is 0. The second-order valence-corrected chi connectivity index (χ2v) is 5.02. The second kappa shape index (κ2) is 7.09. The van der Waals surface area contributed by atoms with Gasteiger partial charge in [-0.3, -0.25) is 4.98 Å². The zero-order chi connectivity index (χ0) is 15.2. The minimum absolute atomic E-state index is 0.212. The number of hydrogen-bond acceptors (Lipinski definition) is 4. The number of nitrogens with zero attached hydrogens (tertiary/aromatic N) is 1. The zero-order valence-electron chi connectivity index (χ0n) is 13.0. The third kappa shape index (κ3) is 3.73. The van der Waals surface area contributed by atoms with Gasteiger partial charge in [0.05, 0.1) is 14.2 Å². The summed E-state index contributed by atoms with van der Waals surface area (Å²) in [5, 5.41) is 3.51. The number of aryl methyl sites for hydroxylation is 1. The van der Waals surface area contributed by atoms with Gasteiger partial charge in [-0.1, -0.05) is 6.07 Å². The van der Waals surface area contributed by atoms with Gasteiger partial charge in [-0.15, -0.1) is 0 Å². The molecule has 0 spiro atoms. The highest BCUT2D eigenvalue weighted by atomic mass is 16.5. The first-order valence-electron chi connectivity index (χ1n) is 7.00. The summed E-state index contributed by atoms with van der Waals surface area (Å²) in [6.07, 6.45) is 3.72. The molecule has 1 aromatic heterocycles. The molecular weight excluding hydrogens is 264 g/mol. The van der Waals surface area contributed by atoms with E-state index < -0.39 is 0 Å². The predicted octanol–water partition coefficient (Wildman–Crippen LogP) is 3.26. The summed E-state index contributed by atoms with van der Waals surface area (Å²) < 4.78 is 10.6. The molecule has 2 aromatic rings. The summed E-state index contributed by atoms with van der Waals surface area (Å²) in [6.45, 7) is 5.02. The van der Waals surface area contributed by atoms with E-state index >= 15 is 0 Å². The molecule has 0 aliphatic heterocycles. The van der Waals surface area contributed by atoms with Crippen LogP contribution in [0.4, 0.5) is 0 Å². The van der Waals surface area contributed by atoms with E-state index in [1.54, 1.807) is 14.2 Å². The van der Waals surface area contributed by atoms with Gasteiger partial charge in [-0.25, -0.2) is 0 Å². The van der Waals surface area contributed by atoms with Gasteiger partial charge in [0.25, 0.3) is 0 Å². The average molecular weight is 286 g/mol. The Morgan fingerprint density at radius 1 is 1.14 bits per heavy atom. The maximum Gasteiger partial charge on any atom is 0.161 e. The van der Waals surface area contributed by atoms with Gasteiger partial charge in [0.1, 0.15) is 0 Å². The maximum atomic E-state index is 5.35. The lowest BCUT2D eigenvalue weighted by Gasteiger charge is -2.17. The Kier molecular flexibility index (Phi) is 5.17. The van der Waals surface area contributed by atoms with Gasteiger partial charge >= 0.3 is 0 Å². The number of pyridine rings is 1. The zero-order valence-corrected chi connectivity index (χ0v) is 13.0. The standard InChI is InChI=1S/C17H22N2O2/c1-12-7-8-18-10-15(12)11-19-13(2)14-5-6-16(20-3)17(9-14)21-4/h5-10,13,19H,11H2,1-4H3. The van der Waals surface area contributed by atoms with Gasteiger partial charge in [0.2, 0.25) is 0 Å². The molecule has 1 heterocycles. The van der Waals surface area contributed by atoms with Gasteiger partial charge in [-0.2, -0.15) is 0 Å².